The van der Waals surface area contributed by atoms with Gasteiger partial charge in [0.2, 0.25) is 0 Å². The Hall–Kier alpha value is -1.12. The standard InChI is InChI=1S/C14H22O3/c1-3-5-6-7-8-10-12-11(9-4-2)13(15)17-14(12)16/h3,11-12H,1,4-10H2,2H3. The Labute approximate surface area is 103 Å². The maximum Gasteiger partial charge on any atom is 0.317 e. The third kappa shape index (κ3) is 3.99. The maximum atomic E-state index is 11.5. The highest BCUT2D eigenvalue weighted by Crippen LogP contribution is 2.31. The number of hydrogen-bond donors (Lipinski definition) is 0. The van der Waals surface area contributed by atoms with Crippen molar-refractivity contribution in [3.8, 4) is 0 Å². The zero-order chi connectivity index (χ0) is 12.7. The van der Waals surface area contributed by atoms with E-state index in [4.69, 9.17) is 4.74 Å². The summed E-state index contributed by atoms with van der Waals surface area (Å²) in [5, 5.41) is 0. The smallest absolute Gasteiger partial charge is 0.317 e. The number of carbonyl (C=O) groups is 2. The summed E-state index contributed by atoms with van der Waals surface area (Å²) in [6, 6.07) is 0. The summed E-state index contributed by atoms with van der Waals surface area (Å²) < 4.78 is 4.72. The molecule has 0 aliphatic carbocycles. The van der Waals surface area contributed by atoms with Crippen LogP contribution < -0.4 is 0 Å². The van der Waals surface area contributed by atoms with Gasteiger partial charge in [0, 0.05) is 0 Å². The van der Waals surface area contributed by atoms with Crippen LogP contribution in [0.25, 0.3) is 0 Å². The third-order valence-electron chi connectivity index (χ3n) is 3.32. The Morgan fingerprint density at radius 3 is 2.35 bits per heavy atom. The molecule has 3 nitrogen and oxygen atoms in total. The zero-order valence-electron chi connectivity index (χ0n) is 10.6. The van der Waals surface area contributed by atoms with Crippen molar-refractivity contribution in [1.29, 1.82) is 0 Å². The molecule has 0 aromatic heterocycles. The van der Waals surface area contributed by atoms with Gasteiger partial charge in [-0.05, 0) is 25.7 Å². The molecule has 1 rings (SSSR count). The molecule has 0 aromatic rings. The van der Waals surface area contributed by atoms with Crippen LogP contribution in [0, 0.1) is 11.8 Å². The van der Waals surface area contributed by atoms with Crippen molar-refractivity contribution < 1.29 is 14.3 Å². The Morgan fingerprint density at radius 2 is 1.76 bits per heavy atom. The van der Waals surface area contributed by atoms with Crippen molar-refractivity contribution in [2.45, 2.75) is 51.9 Å². The van der Waals surface area contributed by atoms with Crippen molar-refractivity contribution in [3.05, 3.63) is 12.7 Å². The van der Waals surface area contributed by atoms with E-state index in [2.05, 4.69) is 6.58 Å². The molecule has 0 aromatic carbocycles. The second kappa shape index (κ2) is 7.25. The van der Waals surface area contributed by atoms with Crippen molar-refractivity contribution in [2.24, 2.45) is 11.8 Å². The number of hydrogen-bond acceptors (Lipinski definition) is 3. The Bertz CT molecular complexity index is 283. The molecule has 96 valence electrons. The lowest BCUT2D eigenvalue weighted by Crippen LogP contribution is -2.17. The van der Waals surface area contributed by atoms with E-state index < -0.39 is 0 Å². The van der Waals surface area contributed by atoms with E-state index in [-0.39, 0.29) is 23.8 Å². The molecule has 1 heterocycles. The van der Waals surface area contributed by atoms with Crippen molar-refractivity contribution in [1.82, 2.24) is 0 Å². The molecule has 0 radical (unpaired) electrons. The fraction of sp³-hybridized carbons (Fsp3) is 0.714. The van der Waals surface area contributed by atoms with Gasteiger partial charge in [-0.1, -0.05) is 32.3 Å². The van der Waals surface area contributed by atoms with Crippen LogP contribution in [0.3, 0.4) is 0 Å². The minimum atomic E-state index is -0.312. The Kier molecular flexibility index (Phi) is 5.95. The van der Waals surface area contributed by atoms with Gasteiger partial charge in [-0.2, -0.15) is 0 Å². The molecule has 2 unspecified atom stereocenters. The highest BCUT2D eigenvalue weighted by Gasteiger charge is 2.42. The van der Waals surface area contributed by atoms with E-state index in [9.17, 15) is 9.59 Å². The summed E-state index contributed by atoms with van der Waals surface area (Å²) in [6.45, 7) is 5.70. The van der Waals surface area contributed by atoms with Crippen LogP contribution in [-0.4, -0.2) is 11.9 Å². The summed E-state index contributed by atoms with van der Waals surface area (Å²) >= 11 is 0. The molecule has 1 saturated heterocycles. The fourth-order valence-electron chi connectivity index (χ4n) is 2.36. The topological polar surface area (TPSA) is 43.4 Å². The maximum absolute atomic E-state index is 11.5. The van der Waals surface area contributed by atoms with E-state index >= 15 is 0 Å². The minimum Gasteiger partial charge on any atom is -0.393 e. The molecule has 0 bridgehead atoms. The van der Waals surface area contributed by atoms with E-state index in [1.165, 1.54) is 0 Å². The van der Waals surface area contributed by atoms with Crippen LogP contribution in [0.5, 0.6) is 0 Å². The quantitative estimate of drug-likeness (QED) is 0.282. The van der Waals surface area contributed by atoms with Crippen LogP contribution in [0.1, 0.15) is 51.9 Å². The van der Waals surface area contributed by atoms with Crippen molar-refractivity contribution in [3.63, 3.8) is 0 Å². The predicted molar refractivity (Wildman–Crippen MR) is 66.3 cm³/mol. The molecule has 1 fully saturated rings. The van der Waals surface area contributed by atoms with Gasteiger partial charge < -0.3 is 4.74 Å². The molecule has 0 amide bonds. The number of ether oxygens (including phenoxy) is 1. The van der Waals surface area contributed by atoms with Gasteiger partial charge in [-0.25, -0.2) is 0 Å². The highest BCUT2D eigenvalue weighted by atomic mass is 16.6. The molecular weight excluding hydrogens is 216 g/mol. The first-order valence-electron chi connectivity index (χ1n) is 6.57. The van der Waals surface area contributed by atoms with Crippen LogP contribution in [0.4, 0.5) is 0 Å². The summed E-state index contributed by atoms with van der Waals surface area (Å²) in [4.78, 5) is 23.0. The number of carbonyl (C=O) groups excluding carboxylic acids is 2. The molecule has 1 aliphatic rings. The average Bonchev–Trinajstić information content (AvgIpc) is 2.56. The van der Waals surface area contributed by atoms with Gasteiger partial charge >= 0.3 is 11.9 Å². The lowest BCUT2D eigenvalue weighted by Gasteiger charge is -2.12. The van der Waals surface area contributed by atoms with Gasteiger partial charge in [0.1, 0.15) is 0 Å². The van der Waals surface area contributed by atoms with Gasteiger partial charge in [-0.3, -0.25) is 9.59 Å². The first-order valence-corrected chi connectivity index (χ1v) is 6.57. The molecule has 0 N–H and O–H groups in total. The van der Waals surface area contributed by atoms with Crippen LogP contribution in [0.15, 0.2) is 12.7 Å². The molecule has 0 saturated carbocycles. The number of esters is 2. The van der Waals surface area contributed by atoms with Crippen LogP contribution >= 0.6 is 0 Å². The molecular formula is C14H22O3. The lowest BCUT2D eigenvalue weighted by molar-refractivity contribution is -0.153. The number of rotatable bonds is 8. The van der Waals surface area contributed by atoms with Crippen molar-refractivity contribution >= 4 is 11.9 Å². The van der Waals surface area contributed by atoms with E-state index in [1.54, 1.807) is 0 Å². The second-order valence-electron chi connectivity index (χ2n) is 4.67. The minimum absolute atomic E-state index is 0.188. The van der Waals surface area contributed by atoms with Crippen molar-refractivity contribution in [2.75, 3.05) is 0 Å². The van der Waals surface area contributed by atoms with E-state index in [0.29, 0.717) is 0 Å². The molecule has 17 heavy (non-hydrogen) atoms. The average molecular weight is 238 g/mol. The normalized spacial score (nSPS) is 23.8. The zero-order valence-corrected chi connectivity index (χ0v) is 10.6. The number of unbranched alkanes of at least 4 members (excludes halogenated alkanes) is 3. The van der Waals surface area contributed by atoms with Gasteiger partial charge in [-0.15, -0.1) is 6.58 Å². The summed E-state index contributed by atoms with van der Waals surface area (Å²) in [5.74, 6) is -0.997. The summed E-state index contributed by atoms with van der Waals surface area (Å²) in [5.41, 5.74) is 0. The SMILES string of the molecule is C=CCCCCCC1C(=O)OC(=O)C1CCC. The molecule has 1 aliphatic heterocycles. The van der Waals surface area contributed by atoms with Crippen LogP contribution in [0.2, 0.25) is 0 Å². The third-order valence-corrected chi connectivity index (χ3v) is 3.32. The Morgan fingerprint density at radius 1 is 1.12 bits per heavy atom. The molecule has 2 atom stereocenters. The summed E-state index contributed by atoms with van der Waals surface area (Å²) in [7, 11) is 0. The highest BCUT2D eigenvalue weighted by molar-refractivity contribution is 5.96. The monoisotopic (exact) mass is 238 g/mol. The predicted octanol–water partition coefficient (Wildman–Crippen LogP) is 3.24. The molecule has 3 heteroatoms. The largest absolute Gasteiger partial charge is 0.393 e. The first kappa shape index (κ1) is 13.9. The van der Waals surface area contributed by atoms with Gasteiger partial charge in [0.05, 0.1) is 11.8 Å². The van der Waals surface area contributed by atoms with Gasteiger partial charge in [0.15, 0.2) is 0 Å². The number of cyclic esters (lactones) is 2. The van der Waals surface area contributed by atoms with Gasteiger partial charge in [0.25, 0.3) is 0 Å². The Balaban J connectivity index is 2.35. The lowest BCUT2D eigenvalue weighted by atomic mass is 9.87. The second-order valence-corrected chi connectivity index (χ2v) is 4.67. The number of allylic oxidation sites excluding steroid dienone is 1. The van der Waals surface area contributed by atoms with Crippen LogP contribution in [-0.2, 0) is 14.3 Å². The van der Waals surface area contributed by atoms with E-state index in [1.807, 2.05) is 13.0 Å². The fourth-order valence-corrected chi connectivity index (χ4v) is 2.36. The first-order chi connectivity index (χ1) is 8.20. The summed E-state index contributed by atoms with van der Waals surface area (Å²) in [6.07, 6.45) is 8.58. The van der Waals surface area contributed by atoms with E-state index in [0.717, 1.165) is 44.9 Å². The molecule has 0 spiro atoms.